The van der Waals surface area contributed by atoms with Crippen LogP contribution in [0.2, 0.25) is 0 Å². The van der Waals surface area contributed by atoms with E-state index in [0.717, 1.165) is 54.7 Å². The molecule has 1 aromatic heterocycles. The van der Waals surface area contributed by atoms with Crippen molar-refractivity contribution in [3.8, 4) is 0 Å². The normalized spacial score (nSPS) is 16.5. The molecule has 0 bridgehead atoms. The molecule has 1 aliphatic rings. The van der Waals surface area contributed by atoms with Crippen molar-refractivity contribution in [3.63, 3.8) is 0 Å². The van der Waals surface area contributed by atoms with Gasteiger partial charge in [0.2, 0.25) is 0 Å². The second-order valence-corrected chi connectivity index (χ2v) is 6.47. The highest BCUT2D eigenvalue weighted by molar-refractivity contribution is 14.0. The lowest BCUT2D eigenvalue weighted by molar-refractivity contribution is 0.0522. The van der Waals surface area contributed by atoms with Gasteiger partial charge in [0.25, 0.3) is 0 Å². The van der Waals surface area contributed by atoms with Gasteiger partial charge in [0.05, 0.1) is 17.7 Å². The first-order valence-electron chi connectivity index (χ1n) is 8.77. The van der Waals surface area contributed by atoms with Crippen molar-refractivity contribution in [2.45, 2.75) is 44.8 Å². The third-order valence-corrected chi connectivity index (χ3v) is 4.61. The molecule has 1 aliphatic carbocycles. The molecular formula is C19H27IN4O. The first-order chi connectivity index (χ1) is 11.7. The van der Waals surface area contributed by atoms with E-state index in [4.69, 9.17) is 0 Å². The van der Waals surface area contributed by atoms with Gasteiger partial charge < -0.3 is 15.7 Å². The van der Waals surface area contributed by atoms with Crippen LogP contribution in [0.15, 0.2) is 41.5 Å². The molecule has 0 radical (unpaired) electrons. The lowest BCUT2D eigenvalue weighted by atomic mass is 10.0. The van der Waals surface area contributed by atoms with Crippen LogP contribution in [-0.2, 0) is 6.54 Å². The Balaban J connectivity index is 0.00000225. The zero-order valence-electron chi connectivity index (χ0n) is 14.7. The van der Waals surface area contributed by atoms with Crippen molar-refractivity contribution in [2.24, 2.45) is 4.99 Å². The fraction of sp³-hybridized carbons (Fsp3) is 0.474. The molecule has 25 heavy (non-hydrogen) atoms. The highest BCUT2D eigenvalue weighted by Gasteiger charge is 2.30. The van der Waals surface area contributed by atoms with Gasteiger partial charge in [-0.25, -0.2) is 4.99 Å². The zero-order valence-corrected chi connectivity index (χ0v) is 17.0. The lowest BCUT2D eigenvalue weighted by Gasteiger charge is -2.23. The maximum absolute atomic E-state index is 10.5. The van der Waals surface area contributed by atoms with Gasteiger partial charge in [-0.3, -0.25) is 4.98 Å². The van der Waals surface area contributed by atoms with Crippen LogP contribution in [0.3, 0.4) is 0 Å². The molecule has 1 saturated carbocycles. The molecule has 0 aliphatic heterocycles. The molecule has 1 heterocycles. The highest BCUT2D eigenvalue weighted by atomic mass is 127. The number of fused-ring (bicyclic) bond motifs is 1. The van der Waals surface area contributed by atoms with Crippen molar-refractivity contribution in [1.82, 2.24) is 15.6 Å². The van der Waals surface area contributed by atoms with E-state index in [-0.39, 0.29) is 24.0 Å². The van der Waals surface area contributed by atoms with E-state index < -0.39 is 5.60 Å². The van der Waals surface area contributed by atoms with Gasteiger partial charge in [-0.1, -0.05) is 31.0 Å². The number of guanidine groups is 1. The van der Waals surface area contributed by atoms with Crippen LogP contribution in [-0.4, -0.2) is 34.7 Å². The largest absolute Gasteiger partial charge is 0.388 e. The fourth-order valence-corrected chi connectivity index (χ4v) is 3.26. The molecule has 5 nitrogen and oxygen atoms in total. The summed E-state index contributed by atoms with van der Waals surface area (Å²) in [5.74, 6) is 0.749. The van der Waals surface area contributed by atoms with Gasteiger partial charge in [0.1, 0.15) is 0 Å². The summed E-state index contributed by atoms with van der Waals surface area (Å²) in [7, 11) is 0. The Hall–Kier alpha value is -1.41. The fourth-order valence-electron chi connectivity index (χ4n) is 3.26. The van der Waals surface area contributed by atoms with Crippen LogP contribution < -0.4 is 10.6 Å². The minimum atomic E-state index is -0.584. The van der Waals surface area contributed by atoms with Crippen LogP contribution in [0.25, 0.3) is 10.9 Å². The number of nitrogens with zero attached hydrogens (tertiary/aromatic N) is 2. The second kappa shape index (κ2) is 9.33. The molecule has 0 saturated heterocycles. The summed E-state index contributed by atoms with van der Waals surface area (Å²) in [5, 5.41) is 18.2. The molecule has 0 atom stereocenters. The van der Waals surface area contributed by atoms with E-state index in [9.17, 15) is 5.11 Å². The molecular weight excluding hydrogens is 427 g/mol. The van der Waals surface area contributed by atoms with Crippen molar-refractivity contribution in [3.05, 3.63) is 42.1 Å². The molecule has 0 unspecified atom stereocenters. The number of hydrogen-bond acceptors (Lipinski definition) is 3. The van der Waals surface area contributed by atoms with Crippen LogP contribution >= 0.6 is 24.0 Å². The standard InChI is InChI=1S/C19H26N4O.HI/c1-2-20-18(23-14-19(24)10-5-6-11-19)22-13-15-9-12-21-17-8-4-3-7-16(15)17;/h3-4,7-9,12,24H,2,5-6,10-11,13-14H2,1H3,(H2,20,22,23);1H. The number of aromatic nitrogens is 1. The first-order valence-corrected chi connectivity index (χ1v) is 8.77. The maximum atomic E-state index is 10.5. The number of aliphatic hydroxyl groups is 1. The highest BCUT2D eigenvalue weighted by Crippen LogP contribution is 2.28. The third-order valence-electron chi connectivity index (χ3n) is 4.61. The molecule has 3 rings (SSSR count). The summed E-state index contributed by atoms with van der Waals surface area (Å²) < 4.78 is 0. The van der Waals surface area contributed by atoms with Crippen LogP contribution in [0, 0.1) is 0 Å². The van der Waals surface area contributed by atoms with E-state index in [1.54, 1.807) is 0 Å². The second-order valence-electron chi connectivity index (χ2n) is 6.47. The zero-order chi connectivity index (χ0) is 16.8. The molecule has 0 amide bonds. The summed E-state index contributed by atoms with van der Waals surface area (Å²) in [6.07, 6.45) is 5.78. The number of halogens is 1. The number of benzene rings is 1. The monoisotopic (exact) mass is 454 g/mol. The molecule has 1 aromatic carbocycles. The number of aliphatic imine (C=N–C) groups is 1. The van der Waals surface area contributed by atoms with E-state index in [1.165, 1.54) is 0 Å². The van der Waals surface area contributed by atoms with Gasteiger partial charge in [0.15, 0.2) is 5.96 Å². The first kappa shape index (κ1) is 19.9. The van der Waals surface area contributed by atoms with Gasteiger partial charge in [0, 0.05) is 24.7 Å². The molecule has 6 heteroatoms. The van der Waals surface area contributed by atoms with E-state index >= 15 is 0 Å². The minimum absolute atomic E-state index is 0. The molecule has 136 valence electrons. The van der Waals surface area contributed by atoms with Crippen molar-refractivity contribution in [1.29, 1.82) is 0 Å². The number of pyridine rings is 1. The summed E-state index contributed by atoms with van der Waals surface area (Å²) in [6.45, 7) is 3.97. The minimum Gasteiger partial charge on any atom is -0.388 e. The number of nitrogens with one attached hydrogen (secondary N) is 2. The molecule has 2 aromatic rings. The predicted molar refractivity (Wildman–Crippen MR) is 113 cm³/mol. The Labute approximate surface area is 166 Å². The third kappa shape index (κ3) is 5.28. The van der Waals surface area contributed by atoms with Gasteiger partial charge >= 0.3 is 0 Å². The number of para-hydroxylation sites is 1. The molecule has 3 N–H and O–H groups in total. The van der Waals surface area contributed by atoms with Crippen LogP contribution in [0.1, 0.15) is 38.2 Å². The summed E-state index contributed by atoms with van der Waals surface area (Å²) in [4.78, 5) is 9.07. The molecule has 0 spiro atoms. The van der Waals surface area contributed by atoms with Gasteiger partial charge in [-0.2, -0.15) is 0 Å². The lowest BCUT2D eigenvalue weighted by Crippen LogP contribution is -2.46. The maximum Gasteiger partial charge on any atom is 0.191 e. The Bertz CT molecular complexity index is 708. The Kier molecular flexibility index (Phi) is 7.43. The van der Waals surface area contributed by atoms with E-state index in [2.05, 4.69) is 26.7 Å². The Morgan fingerprint density at radius 3 is 2.72 bits per heavy atom. The van der Waals surface area contributed by atoms with Crippen LogP contribution in [0.4, 0.5) is 0 Å². The van der Waals surface area contributed by atoms with Crippen molar-refractivity contribution < 1.29 is 5.11 Å². The average molecular weight is 454 g/mol. The van der Waals surface area contributed by atoms with Crippen molar-refractivity contribution in [2.75, 3.05) is 13.1 Å². The van der Waals surface area contributed by atoms with E-state index in [1.807, 2.05) is 37.4 Å². The van der Waals surface area contributed by atoms with Gasteiger partial charge in [-0.05, 0) is 37.5 Å². The average Bonchev–Trinajstić information content (AvgIpc) is 3.04. The quantitative estimate of drug-likeness (QED) is 0.369. The van der Waals surface area contributed by atoms with Crippen molar-refractivity contribution >= 4 is 40.8 Å². The SMILES string of the molecule is CCNC(=NCc1ccnc2ccccc12)NCC1(O)CCCC1.I. The number of rotatable bonds is 5. The van der Waals surface area contributed by atoms with Crippen LogP contribution in [0.5, 0.6) is 0 Å². The van der Waals surface area contributed by atoms with Gasteiger partial charge in [-0.15, -0.1) is 24.0 Å². The summed E-state index contributed by atoms with van der Waals surface area (Å²) in [6, 6.07) is 10.1. The Morgan fingerprint density at radius 1 is 1.20 bits per heavy atom. The topological polar surface area (TPSA) is 69.5 Å². The predicted octanol–water partition coefficient (Wildman–Crippen LogP) is 3.21. The molecule has 1 fully saturated rings. The summed E-state index contributed by atoms with van der Waals surface area (Å²) in [5.41, 5.74) is 1.56. The summed E-state index contributed by atoms with van der Waals surface area (Å²) >= 11 is 0. The number of hydrogen-bond donors (Lipinski definition) is 3. The smallest absolute Gasteiger partial charge is 0.191 e. The Morgan fingerprint density at radius 2 is 1.96 bits per heavy atom. The van der Waals surface area contributed by atoms with E-state index in [0.29, 0.717) is 13.1 Å².